The fraction of sp³-hybridized carbons (Fsp3) is 0.467. The van der Waals surface area contributed by atoms with Crippen LogP contribution >= 0.6 is 0 Å². The van der Waals surface area contributed by atoms with Crippen molar-refractivity contribution in [2.45, 2.75) is 33.2 Å². The van der Waals surface area contributed by atoms with Crippen LogP contribution in [0.15, 0.2) is 18.2 Å². The van der Waals surface area contributed by atoms with E-state index in [1.54, 1.807) is 0 Å². The van der Waals surface area contributed by atoms with E-state index in [4.69, 9.17) is 11.2 Å². The number of para-hydroxylation sites is 1. The zero-order valence-electron chi connectivity index (χ0n) is 10.8. The average molecular weight is 231 g/mol. The average Bonchev–Trinajstić information content (AvgIpc) is 2.34. The quantitative estimate of drug-likeness (QED) is 0.575. The third kappa shape index (κ3) is 4.50. The van der Waals surface area contributed by atoms with Crippen LogP contribution in [0.25, 0.3) is 0 Å². The summed E-state index contributed by atoms with van der Waals surface area (Å²) in [6.45, 7) is 6.68. The summed E-state index contributed by atoms with van der Waals surface area (Å²) >= 11 is 0. The van der Waals surface area contributed by atoms with Crippen LogP contribution in [-0.4, -0.2) is 13.2 Å². The van der Waals surface area contributed by atoms with Gasteiger partial charge in [-0.25, -0.2) is 0 Å². The van der Waals surface area contributed by atoms with Crippen molar-refractivity contribution in [1.82, 2.24) is 5.32 Å². The van der Waals surface area contributed by atoms with Crippen LogP contribution < -0.4 is 10.1 Å². The Morgan fingerprint density at radius 2 is 2.24 bits per heavy atom. The molecule has 1 N–H and O–H groups in total. The van der Waals surface area contributed by atoms with E-state index in [0.29, 0.717) is 6.61 Å². The van der Waals surface area contributed by atoms with Gasteiger partial charge in [-0.1, -0.05) is 25.1 Å². The molecule has 17 heavy (non-hydrogen) atoms. The Kier molecular flexibility index (Phi) is 6.21. The number of benzene rings is 1. The molecule has 0 fully saturated rings. The maximum Gasteiger partial charge on any atom is 0.126 e. The SMILES string of the molecule is C#CCCCOc1c(C)cccc1CNCC. The van der Waals surface area contributed by atoms with E-state index in [0.717, 1.165) is 31.7 Å². The molecule has 0 amide bonds. The van der Waals surface area contributed by atoms with E-state index < -0.39 is 0 Å². The van der Waals surface area contributed by atoms with Crippen LogP contribution in [0.4, 0.5) is 0 Å². The second kappa shape index (κ2) is 7.76. The molecule has 2 nitrogen and oxygen atoms in total. The first kappa shape index (κ1) is 13.6. The molecule has 0 aliphatic carbocycles. The van der Waals surface area contributed by atoms with Crippen molar-refractivity contribution in [3.63, 3.8) is 0 Å². The Morgan fingerprint density at radius 3 is 2.94 bits per heavy atom. The molecule has 0 aliphatic rings. The number of nitrogens with one attached hydrogen (secondary N) is 1. The summed E-state index contributed by atoms with van der Waals surface area (Å²) in [6.07, 6.45) is 6.90. The molecule has 0 saturated carbocycles. The van der Waals surface area contributed by atoms with Crippen molar-refractivity contribution >= 4 is 0 Å². The van der Waals surface area contributed by atoms with Crippen molar-refractivity contribution in [2.24, 2.45) is 0 Å². The highest BCUT2D eigenvalue weighted by molar-refractivity contribution is 5.40. The van der Waals surface area contributed by atoms with Gasteiger partial charge in [-0.3, -0.25) is 0 Å². The smallest absolute Gasteiger partial charge is 0.126 e. The summed E-state index contributed by atoms with van der Waals surface area (Å²) in [6, 6.07) is 6.24. The molecule has 0 unspecified atom stereocenters. The Labute approximate surface area is 104 Å². The number of aryl methyl sites for hydroxylation is 1. The highest BCUT2D eigenvalue weighted by Gasteiger charge is 2.05. The molecule has 1 rings (SSSR count). The minimum absolute atomic E-state index is 0.689. The third-order valence-electron chi connectivity index (χ3n) is 2.57. The van der Waals surface area contributed by atoms with Crippen LogP contribution in [0.5, 0.6) is 5.75 Å². The molecule has 0 aromatic heterocycles. The summed E-state index contributed by atoms with van der Waals surface area (Å²) < 4.78 is 5.83. The van der Waals surface area contributed by atoms with E-state index in [-0.39, 0.29) is 0 Å². The van der Waals surface area contributed by atoms with Gasteiger partial charge in [-0.05, 0) is 25.5 Å². The summed E-state index contributed by atoms with van der Waals surface area (Å²) in [5.74, 6) is 3.63. The summed E-state index contributed by atoms with van der Waals surface area (Å²) in [5, 5.41) is 3.32. The third-order valence-corrected chi connectivity index (χ3v) is 2.57. The Bertz CT molecular complexity index is 379. The van der Waals surface area contributed by atoms with Gasteiger partial charge >= 0.3 is 0 Å². The second-order valence-electron chi connectivity index (χ2n) is 4.00. The Balaban J connectivity index is 2.63. The maximum absolute atomic E-state index is 5.83. The van der Waals surface area contributed by atoms with Crippen molar-refractivity contribution in [1.29, 1.82) is 0 Å². The molecule has 1 aromatic carbocycles. The highest BCUT2D eigenvalue weighted by Crippen LogP contribution is 2.23. The standard InChI is InChI=1S/C15H21NO/c1-4-6-7-11-17-15-13(3)9-8-10-14(15)12-16-5-2/h1,8-10,16H,5-7,11-12H2,2-3H3. The molecule has 0 bridgehead atoms. The van der Waals surface area contributed by atoms with E-state index >= 15 is 0 Å². The summed E-state index contributed by atoms with van der Waals surface area (Å²) in [5.41, 5.74) is 2.40. The van der Waals surface area contributed by atoms with Gasteiger partial charge in [0.05, 0.1) is 6.61 Å². The fourth-order valence-electron chi connectivity index (χ4n) is 1.67. The van der Waals surface area contributed by atoms with E-state index in [2.05, 4.69) is 43.3 Å². The lowest BCUT2D eigenvalue weighted by Crippen LogP contribution is -2.13. The van der Waals surface area contributed by atoms with Crippen LogP contribution in [0.1, 0.15) is 30.9 Å². The zero-order chi connectivity index (χ0) is 12.5. The zero-order valence-corrected chi connectivity index (χ0v) is 10.8. The number of ether oxygens (including phenoxy) is 1. The summed E-state index contributed by atoms with van der Waals surface area (Å²) in [7, 11) is 0. The van der Waals surface area contributed by atoms with Gasteiger partial charge in [0.2, 0.25) is 0 Å². The van der Waals surface area contributed by atoms with Gasteiger partial charge in [-0.15, -0.1) is 12.3 Å². The van der Waals surface area contributed by atoms with Crippen LogP contribution in [0.2, 0.25) is 0 Å². The minimum atomic E-state index is 0.689. The second-order valence-corrected chi connectivity index (χ2v) is 4.00. The van der Waals surface area contributed by atoms with E-state index in [9.17, 15) is 0 Å². The van der Waals surface area contributed by atoms with Gasteiger partial charge in [-0.2, -0.15) is 0 Å². The molecule has 92 valence electrons. The minimum Gasteiger partial charge on any atom is -0.493 e. The summed E-state index contributed by atoms with van der Waals surface area (Å²) in [4.78, 5) is 0. The molecule has 0 aliphatic heterocycles. The van der Waals surface area contributed by atoms with Crippen molar-refractivity contribution in [3.8, 4) is 18.1 Å². The largest absolute Gasteiger partial charge is 0.493 e. The Morgan fingerprint density at radius 1 is 1.41 bits per heavy atom. The molecule has 0 saturated heterocycles. The lowest BCUT2D eigenvalue weighted by Gasteiger charge is -2.14. The van der Waals surface area contributed by atoms with E-state index in [1.165, 1.54) is 11.1 Å². The van der Waals surface area contributed by atoms with Crippen molar-refractivity contribution in [2.75, 3.05) is 13.2 Å². The molecule has 1 aromatic rings. The van der Waals surface area contributed by atoms with Crippen molar-refractivity contribution < 1.29 is 4.74 Å². The predicted octanol–water partition coefficient (Wildman–Crippen LogP) is 2.90. The number of hydrogen-bond donors (Lipinski definition) is 1. The first-order chi connectivity index (χ1) is 8.29. The monoisotopic (exact) mass is 231 g/mol. The topological polar surface area (TPSA) is 21.3 Å². The Hall–Kier alpha value is -1.46. The number of terminal acetylenes is 1. The molecule has 0 atom stereocenters. The van der Waals surface area contributed by atoms with Crippen LogP contribution in [0, 0.1) is 19.3 Å². The van der Waals surface area contributed by atoms with Gasteiger partial charge in [0, 0.05) is 18.5 Å². The molecule has 0 radical (unpaired) electrons. The first-order valence-electron chi connectivity index (χ1n) is 6.15. The van der Waals surface area contributed by atoms with Gasteiger partial charge in [0.1, 0.15) is 5.75 Å². The fourth-order valence-corrected chi connectivity index (χ4v) is 1.67. The molecular weight excluding hydrogens is 210 g/mol. The lowest BCUT2D eigenvalue weighted by atomic mass is 10.1. The molecule has 0 heterocycles. The van der Waals surface area contributed by atoms with Gasteiger partial charge in [0.25, 0.3) is 0 Å². The number of hydrogen-bond acceptors (Lipinski definition) is 2. The number of unbranched alkanes of at least 4 members (excludes halogenated alkanes) is 1. The van der Waals surface area contributed by atoms with Gasteiger partial charge < -0.3 is 10.1 Å². The van der Waals surface area contributed by atoms with Crippen molar-refractivity contribution in [3.05, 3.63) is 29.3 Å². The highest BCUT2D eigenvalue weighted by atomic mass is 16.5. The predicted molar refractivity (Wildman–Crippen MR) is 72.1 cm³/mol. The molecule has 2 heteroatoms. The molecular formula is C15H21NO. The lowest BCUT2D eigenvalue weighted by molar-refractivity contribution is 0.307. The first-order valence-corrected chi connectivity index (χ1v) is 6.15. The maximum atomic E-state index is 5.83. The molecule has 0 spiro atoms. The van der Waals surface area contributed by atoms with Crippen LogP contribution in [0.3, 0.4) is 0 Å². The number of rotatable bonds is 7. The van der Waals surface area contributed by atoms with Crippen LogP contribution in [-0.2, 0) is 6.54 Å². The van der Waals surface area contributed by atoms with Gasteiger partial charge in [0.15, 0.2) is 0 Å². The normalized spacial score (nSPS) is 9.94. The van der Waals surface area contributed by atoms with E-state index in [1.807, 2.05) is 0 Å².